The second-order valence-electron chi connectivity index (χ2n) is 2.71. The molecule has 1 aromatic heterocycles. The first kappa shape index (κ1) is 10.4. The van der Waals surface area contributed by atoms with E-state index >= 15 is 0 Å². The third-order valence-electron chi connectivity index (χ3n) is 1.57. The van der Waals surface area contributed by atoms with Crippen molar-refractivity contribution in [2.24, 2.45) is 0 Å². The summed E-state index contributed by atoms with van der Waals surface area (Å²) < 4.78 is 4.86. The van der Waals surface area contributed by atoms with Crippen molar-refractivity contribution >= 4 is 5.97 Å². The molecule has 1 rings (SSSR count). The fourth-order valence-corrected chi connectivity index (χ4v) is 0.838. The van der Waals surface area contributed by atoms with Gasteiger partial charge in [0.1, 0.15) is 0 Å². The van der Waals surface area contributed by atoms with Gasteiger partial charge >= 0.3 is 12.0 Å². The number of carbonyl (C=O) groups excluding carboxylic acids is 1. The largest absolute Gasteiger partial charge is 0.461 e. The van der Waals surface area contributed by atoms with Gasteiger partial charge in [-0.2, -0.15) is 4.98 Å². The third kappa shape index (κ3) is 3.01. The lowest BCUT2D eigenvalue weighted by Crippen LogP contribution is -2.08. The van der Waals surface area contributed by atoms with Gasteiger partial charge in [0, 0.05) is 6.20 Å². The number of rotatable bonds is 4. The Balaban J connectivity index is 2.52. The number of aromatic nitrogens is 2. The second kappa shape index (κ2) is 5.16. The van der Waals surface area contributed by atoms with E-state index in [9.17, 15) is 9.90 Å². The average Bonchev–Trinajstić information content (AvgIpc) is 2.18. The van der Waals surface area contributed by atoms with Crippen LogP contribution in [0.3, 0.4) is 0 Å². The normalized spacial score (nSPS) is 9.79. The second-order valence-corrected chi connectivity index (χ2v) is 2.71. The molecule has 0 aliphatic heterocycles. The monoisotopic (exact) mass is 195 g/mol. The molecule has 5 nitrogen and oxygen atoms in total. The van der Waals surface area contributed by atoms with Gasteiger partial charge < -0.3 is 4.74 Å². The van der Waals surface area contributed by atoms with Crippen molar-refractivity contribution in [3.8, 4) is 6.01 Å². The maximum atomic E-state index is 11.2. The molecule has 0 bridgehead atoms. The number of esters is 1. The van der Waals surface area contributed by atoms with Gasteiger partial charge in [-0.15, -0.1) is 0 Å². The molecule has 0 aromatic carbocycles. The topological polar surface area (TPSA) is 72.0 Å². The number of carbonyl (C=O) groups is 1. The summed E-state index contributed by atoms with van der Waals surface area (Å²) in [5.41, 5.74) is 0.0149. The van der Waals surface area contributed by atoms with Gasteiger partial charge in [0.25, 0.3) is 0 Å². The fourth-order valence-electron chi connectivity index (χ4n) is 0.838. The quantitative estimate of drug-likeness (QED) is 0.540. The molecular weight excluding hydrogens is 184 g/mol. The smallest absolute Gasteiger partial charge is 0.367 e. The van der Waals surface area contributed by atoms with Gasteiger partial charge in [-0.05, 0) is 12.5 Å². The summed E-state index contributed by atoms with van der Waals surface area (Å²) in [4.78, 5) is 18.0. The molecule has 0 saturated carbocycles. The zero-order valence-corrected chi connectivity index (χ0v) is 7.90. The molecule has 1 aromatic rings. The van der Waals surface area contributed by atoms with Crippen LogP contribution in [0.4, 0.5) is 0 Å². The van der Waals surface area contributed by atoms with Crippen molar-refractivity contribution in [1.82, 2.24) is 9.97 Å². The molecular formula is C9H11N2O3. The lowest BCUT2D eigenvalue weighted by atomic mass is 10.3. The first-order valence-electron chi connectivity index (χ1n) is 4.41. The van der Waals surface area contributed by atoms with E-state index in [4.69, 9.17) is 4.74 Å². The van der Waals surface area contributed by atoms with E-state index in [1.165, 1.54) is 12.3 Å². The highest BCUT2D eigenvalue weighted by atomic mass is 16.5. The minimum atomic E-state index is -0.671. The number of hydrogen-bond acceptors (Lipinski definition) is 4. The molecule has 0 atom stereocenters. The molecule has 0 fully saturated rings. The molecule has 0 aliphatic rings. The maximum absolute atomic E-state index is 11.2. The van der Waals surface area contributed by atoms with Crippen LogP contribution in [0.2, 0.25) is 0 Å². The first-order chi connectivity index (χ1) is 6.74. The van der Waals surface area contributed by atoms with E-state index in [-0.39, 0.29) is 5.69 Å². The van der Waals surface area contributed by atoms with Crippen molar-refractivity contribution in [2.75, 3.05) is 6.61 Å². The molecule has 0 aliphatic carbocycles. The Bertz CT molecular complexity index is 315. The zero-order chi connectivity index (χ0) is 10.4. The zero-order valence-electron chi connectivity index (χ0n) is 7.90. The number of unbranched alkanes of at least 4 members (excludes halogenated alkanes) is 1. The Morgan fingerprint density at radius 2 is 2.36 bits per heavy atom. The highest BCUT2D eigenvalue weighted by molar-refractivity contribution is 5.87. The lowest BCUT2D eigenvalue weighted by molar-refractivity contribution is 0.0490. The molecule has 1 heterocycles. The molecule has 14 heavy (non-hydrogen) atoms. The Labute approximate surface area is 81.8 Å². The van der Waals surface area contributed by atoms with E-state index < -0.39 is 12.0 Å². The molecule has 75 valence electrons. The summed E-state index contributed by atoms with van der Waals surface area (Å²) in [6.07, 6.45) is 3.00. The molecule has 1 radical (unpaired) electrons. The van der Waals surface area contributed by atoms with Crippen LogP contribution >= 0.6 is 0 Å². The van der Waals surface area contributed by atoms with Gasteiger partial charge in [0.15, 0.2) is 5.69 Å². The minimum absolute atomic E-state index is 0.0149. The summed E-state index contributed by atoms with van der Waals surface area (Å²) in [7, 11) is 0. The Morgan fingerprint density at radius 1 is 1.57 bits per heavy atom. The van der Waals surface area contributed by atoms with Gasteiger partial charge in [0.05, 0.1) is 6.61 Å². The van der Waals surface area contributed by atoms with E-state index in [0.717, 1.165) is 12.8 Å². The molecule has 0 unspecified atom stereocenters. The fraction of sp³-hybridized carbons (Fsp3) is 0.444. The van der Waals surface area contributed by atoms with Gasteiger partial charge in [0.2, 0.25) is 0 Å². The van der Waals surface area contributed by atoms with E-state index in [1.807, 2.05) is 6.92 Å². The van der Waals surface area contributed by atoms with Crippen LogP contribution in [0.5, 0.6) is 6.01 Å². The minimum Gasteiger partial charge on any atom is -0.461 e. The van der Waals surface area contributed by atoms with Gasteiger partial charge in [-0.1, -0.05) is 13.3 Å². The van der Waals surface area contributed by atoms with E-state index in [0.29, 0.717) is 6.61 Å². The Kier molecular flexibility index (Phi) is 3.84. The highest BCUT2D eigenvalue weighted by Crippen LogP contribution is 2.03. The average molecular weight is 195 g/mol. The molecule has 0 saturated heterocycles. The van der Waals surface area contributed by atoms with Gasteiger partial charge in [-0.25, -0.2) is 14.9 Å². The summed E-state index contributed by atoms with van der Waals surface area (Å²) in [5, 5.41) is 10.7. The van der Waals surface area contributed by atoms with Crippen LogP contribution in [0, 0.1) is 0 Å². The van der Waals surface area contributed by atoms with Crippen molar-refractivity contribution in [3.05, 3.63) is 18.0 Å². The number of nitrogens with zero attached hydrogens (tertiary/aromatic N) is 2. The van der Waals surface area contributed by atoms with E-state index in [1.54, 1.807) is 0 Å². The van der Waals surface area contributed by atoms with Crippen LogP contribution in [-0.2, 0) is 9.84 Å². The molecule has 0 spiro atoms. The SMILES string of the molecule is CCCCOC(=O)c1ccnc([O])n1. The number of hydrogen-bond donors (Lipinski definition) is 0. The molecule has 5 heteroatoms. The van der Waals surface area contributed by atoms with Crippen LogP contribution in [0.1, 0.15) is 30.3 Å². The Morgan fingerprint density at radius 3 is 3.00 bits per heavy atom. The first-order valence-corrected chi connectivity index (χ1v) is 4.41. The molecule has 0 amide bonds. The van der Waals surface area contributed by atoms with Crippen molar-refractivity contribution in [3.63, 3.8) is 0 Å². The summed E-state index contributed by atoms with van der Waals surface area (Å²) >= 11 is 0. The summed E-state index contributed by atoms with van der Waals surface area (Å²) in [5.74, 6) is -0.571. The molecule has 0 N–H and O–H groups in total. The predicted octanol–water partition coefficient (Wildman–Crippen LogP) is 1.58. The summed E-state index contributed by atoms with van der Waals surface area (Å²) in [6.45, 7) is 2.35. The Hall–Kier alpha value is -1.65. The standard InChI is InChI=1S/C9H11N2O3/c1-2-3-6-14-8(12)7-4-5-10-9(13)11-7/h4-5H,2-3,6H2,1H3. The maximum Gasteiger partial charge on any atom is 0.367 e. The van der Waals surface area contributed by atoms with E-state index in [2.05, 4.69) is 9.97 Å². The number of ether oxygens (including phenoxy) is 1. The van der Waals surface area contributed by atoms with Crippen LogP contribution in [-0.4, -0.2) is 22.5 Å². The highest BCUT2D eigenvalue weighted by Gasteiger charge is 2.09. The lowest BCUT2D eigenvalue weighted by Gasteiger charge is -2.01. The van der Waals surface area contributed by atoms with Crippen molar-refractivity contribution in [2.45, 2.75) is 19.8 Å². The van der Waals surface area contributed by atoms with Crippen LogP contribution in [0.25, 0.3) is 0 Å². The van der Waals surface area contributed by atoms with Gasteiger partial charge in [-0.3, -0.25) is 0 Å². The van der Waals surface area contributed by atoms with Crippen molar-refractivity contribution < 1.29 is 14.6 Å². The van der Waals surface area contributed by atoms with Crippen molar-refractivity contribution in [1.29, 1.82) is 0 Å². The third-order valence-corrected chi connectivity index (χ3v) is 1.57. The van der Waals surface area contributed by atoms with Crippen LogP contribution in [0.15, 0.2) is 12.3 Å². The summed E-state index contributed by atoms with van der Waals surface area (Å²) in [6, 6.07) is 0.685. The predicted molar refractivity (Wildman–Crippen MR) is 47.4 cm³/mol. The van der Waals surface area contributed by atoms with Crippen LogP contribution < -0.4 is 0 Å².